The van der Waals surface area contributed by atoms with Crippen LogP contribution in [0.2, 0.25) is 0 Å². The van der Waals surface area contributed by atoms with Crippen LogP contribution in [0.1, 0.15) is 79.5 Å². The number of benzene rings is 1. The minimum absolute atomic E-state index is 0.0642. The number of aromatic carboxylic acids is 1. The number of unbranched alkanes of at least 4 members (excludes halogenated alkanes) is 1. The standard InChI is InChI=1S/C31H49N9O7S/c1-17(2)13-23(36-15-20(7-4-5-11-32)38-28(45)24(16-41)37-18(3)42)27(44)39-22(8-6-12-35-31(33)34)26(43)29-40-21-10-9-19(30(46)47)14-25(21)48-29/h9-10,14,17,20,22-24,36,41H,4-8,11-13,15-16,32H2,1-3H3,(H,37,42)(H,38,45)(H,39,44)(H,46,47)(H4,33,34,35)/t20-,22-,23-,24-/m0/s1. The van der Waals surface area contributed by atoms with E-state index < -0.39 is 60.2 Å². The molecule has 48 heavy (non-hydrogen) atoms. The zero-order valence-electron chi connectivity index (χ0n) is 27.7. The molecule has 0 unspecified atom stereocenters. The quantitative estimate of drug-likeness (QED) is 0.0337. The zero-order valence-corrected chi connectivity index (χ0v) is 28.5. The van der Waals surface area contributed by atoms with Crippen LogP contribution < -0.4 is 38.5 Å². The molecule has 1 heterocycles. The van der Waals surface area contributed by atoms with Crippen molar-refractivity contribution in [3.05, 3.63) is 28.8 Å². The number of carbonyl (C=O) groups is 5. The number of carbonyl (C=O) groups excluding carboxylic acids is 4. The van der Waals surface area contributed by atoms with Gasteiger partial charge in [0.05, 0.1) is 34.5 Å². The topological polar surface area (TPSA) is 277 Å². The average Bonchev–Trinajstić information content (AvgIpc) is 3.45. The van der Waals surface area contributed by atoms with E-state index in [-0.39, 0.29) is 42.0 Å². The lowest BCUT2D eigenvalue weighted by Crippen LogP contribution is -2.56. The summed E-state index contributed by atoms with van der Waals surface area (Å²) in [5, 5.41) is 30.5. The Labute approximate surface area is 283 Å². The van der Waals surface area contributed by atoms with E-state index in [1.165, 1.54) is 25.1 Å². The number of hydrogen-bond acceptors (Lipinski definition) is 11. The fourth-order valence-corrected chi connectivity index (χ4v) is 5.90. The largest absolute Gasteiger partial charge is 0.478 e. The van der Waals surface area contributed by atoms with Gasteiger partial charge in [0.25, 0.3) is 0 Å². The number of aliphatic hydroxyl groups excluding tert-OH is 1. The molecule has 0 aliphatic rings. The van der Waals surface area contributed by atoms with Crippen LogP contribution in [-0.4, -0.2) is 101 Å². The Hall–Kier alpha value is -4.19. The Morgan fingerprint density at radius 3 is 2.27 bits per heavy atom. The molecule has 17 heteroatoms. The minimum Gasteiger partial charge on any atom is -0.478 e. The summed E-state index contributed by atoms with van der Waals surface area (Å²) in [5.74, 6) is -3.01. The van der Waals surface area contributed by atoms with Crippen molar-refractivity contribution in [2.45, 2.75) is 83.5 Å². The van der Waals surface area contributed by atoms with Crippen LogP contribution in [0.4, 0.5) is 0 Å². The number of nitrogens with zero attached hydrogens (tertiary/aromatic N) is 2. The first-order valence-electron chi connectivity index (χ1n) is 15.9. The lowest BCUT2D eigenvalue weighted by atomic mass is 10.0. The maximum absolute atomic E-state index is 13.8. The third kappa shape index (κ3) is 13.5. The molecule has 0 aliphatic heterocycles. The highest BCUT2D eigenvalue weighted by Crippen LogP contribution is 2.25. The predicted octanol–water partition coefficient (Wildman–Crippen LogP) is -0.169. The van der Waals surface area contributed by atoms with Crippen molar-refractivity contribution in [3.8, 4) is 0 Å². The minimum atomic E-state index is -1.13. The molecule has 0 aliphatic carbocycles. The second-order valence-electron chi connectivity index (χ2n) is 11.9. The number of guanidine groups is 1. The van der Waals surface area contributed by atoms with Crippen LogP contribution in [0.15, 0.2) is 23.2 Å². The van der Waals surface area contributed by atoms with E-state index in [0.29, 0.717) is 48.9 Å². The fourth-order valence-electron chi connectivity index (χ4n) is 4.90. The van der Waals surface area contributed by atoms with Gasteiger partial charge in [-0.2, -0.15) is 0 Å². The van der Waals surface area contributed by atoms with Gasteiger partial charge in [-0.05, 0) is 62.8 Å². The summed E-state index contributed by atoms with van der Waals surface area (Å²) in [5.41, 5.74) is 17.1. The van der Waals surface area contributed by atoms with Gasteiger partial charge < -0.3 is 48.7 Å². The molecule has 1 aromatic carbocycles. The molecule has 0 radical (unpaired) electrons. The Bertz CT molecular complexity index is 1430. The van der Waals surface area contributed by atoms with Gasteiger partial charge in [0.2, 0.25) is 23.5 Å². The summed E-state index contributed by atoms with van der Waals surface area (Å²) in [6.45, 7) is 5.45. The Morgan fingerprint density at radius 2 is 1.67 bits per heavy atom. The summed E-state index contributed by atoms with van der Waals surface area (Å²) in [4.78, 5) is 71.6. The molecule has 3 amide bonds. The summed E-state index contributed by atoms with van der Waals surface area (Å²) in [6.07, 6.45) is 2.92. The second-order valence-corrected chi connectivity index (χ2v) is 12.9. The highest BCUT2D eigenvalue weighted by Gasteiger charge is 2.29. The van der Waals surface area contributed by atoms with Crippen LogP contribution in [-0.2, 0) is 14.4 Å². The highest BCUT2D eigenvalue weighted by atomic mass is 32.1. The van der Waals surface area contributed by atoms with Gasteiger partial charge in [0, 0.05) is 26.1 Å². The van der Waals surface area contributed by atoms with E-state index >= 15 is 0 Å². The molecule has 1 aromatic heterocycles. The van der Waals surface area contributed by atoms with Gasteiger partial charge in [0.1, 0.15) is 6.04 Å². The Morgan fingerprint density at radius 1 is 0.958 bits per heavy atom. The first-order valence-corrected chi connectivity index (χ1v) is 16.7. The molecule has 0 spiro atoms. The molecule has 266 valence electrons. The van der Waals surface area contributed by atoms with E-state index in [2.05, 4.69) is 31.2 Å². The van der Waals surface area contributed by atoms with Crippen LogP contribution in [0.5, 0.6) is 0 Å². The number of rotatable bonds is 22. The SMILES string of the molecule is CC(=O)N[C@@H](CO)C(=O)N[C@@H](CCCCN)CN[C@@H](CC(C)C)C(=O)N[C@@H](CCCN=C(N)N)C(=O)c1nc2ccc(C(=O)O)cc2s1. The number of nitrogens with two attached hydrogens (primary N) is 3. The van der Waals surface area contributed by atoms with Gasteiger partial charge in [0.15, 0.2) is 11.0 Å². The molecule has 4 atom stereocenters. The number of fused-ring (bicyclic) bond motifs is 1. The van der Waals surface area contributed by atoms with Crippen molar-refractivity contribution in [2.24, 2.45) is 28.1 Å². The molecule has 0 saturated heterocycles. The average molecular weight is 692 g/mol. The molecular weight excluding hydrogens is 642 g/mol. The van der Waals surface area contributed by atoms with Gasteiger partial charge in [-0.3, -0.25) is 24.2 Å². The number of ketones is 1. The lowest BCUT2D eigenvalue weighted by molar-refractivity contribution is -0.129. The molecule has 2 rings (SSSR count). The number of aliphatic imine (C=N–C) groups is 1. The zero-order chi connectivity index (χ0) is 35.8. The monoisotopic (exact) mass is 691 g/mol. The summed E-state index contributed by atoms with van der Waals surface area (Å²) < 4.78 is 0.521. The van der Waals surface area contributed by atoms with E-state index in [0.717, 1.165) is 11.3 Å². The van der Waals surface area contributed by atoms with Crippen LogP contribution in [0.3, 0.4) is 0 Å². The van der Waals surface area contributed by atoms with Crippen molar-refractivity contribution in [2.75, 3.05) is 26.2 Å². The van der Waals surface area contributed by atoms with Crippen LogP contribution >= 0.6 is 11.3 Å². The third-order valence-electron chi connectivity index (χ3n) is 7.29. The Kier molecular flexibility index (Phi) is 16.9. The van der Waals surface area contributed by atoms with Crippen molar-refractivity contribution >= 4 is 57.0 Å². The lowest BCUT2D eigenvalue weighted by Gasteiger charge is -2.27. The normalized spacial score (nSPS) is 13.7. The van der Waals surface area contributed by atoms with E-state index in [4.69, 9.17) is 17.2 Å². The molecule has 0 fully saturated rings. The molecule has 2 aromatic rings. The first-order chi connectivity index (χ1) is 22.7. The van der Waals surface area contributed by atoms with E-state index in [1.54, 1.807) is 0 Å². The molecular formula is C31H49N9O7S. The third-order valence-corrected chi connectivity index (χ3v) is 8.32. The Balaban J connectivity index is 2.28. The highest BCUT2D eigenvalue weighted by molar-refractivity contribution is 7.20. The van der Waals surface area contributed by atoms with Crippen molar-refractivity contribution < 1.29 is 34.2 Å². The van der Waals surface area contributed by atoms with E-state index in [9.17, 15) is 34.2 Å². The number of carboxylic acids is 1. The number of Topliss-reactive ketones (excluding diaryl/α,β-unsaturated/α-hetero) is 1. The number of hydrogen-bond donors (Lipinski definition) is 9. The second kappa shape index (κ2) is 20.2. The number of aromatic nitrogens is 1. The molecule has 12 N–H and O–H groups in total. The van der Waals surface area contributed by atoms with E-state index in [1.807, 2.05) is 13.8 Å². The molecule has 16 nitrogen and oxygen atoms in total. The number of thiazole rings is 1. The summed E-state index contributed by atoms with van der Waals surface area (Å²) in [7, 11) is 0. The maximum atomic E-state index is 13.8. The van der Waals surface area contributed by atoms with Gasteiger partial charge in [-0.1, -0.05) is 20.3 Å². The number of carboxylic acid groups (broad SMARTS) is 1. The smallest absolute Gasteiger partial charge is 0.335 e. The van der Waals surface area contributed by atoms with Gasteiger partial charge in [-0.25, -0.2) is 9.78 Å². The van der Waals surface area contributed by atoms with Crippen molar-refractivity contribution in [1.29, 1.82) is 0 Å². The maximum Gasteiger partial charge on any atom is 0.335 e. The van der Waals surface area contributed by atoms with Crippen LogP contribution in [0.25, 0.3) is 10.2 Å². The first kappa shape index (κ1) is 40.0. The fraction of sp³-hybridized carbons (Fsp3) is 0.581. The molecule has 0 bridgehead atoms. The predicted molar refractivity (Wildman–Crippen MR) is 184 cm³/mol. The summed E-state index contributed by atoms with van der Waals surface area (Å²) >= 11 is 1.04. The van der Waals surface area contributed by atoms with Gasteiger partial charge >= 0.3 is 5.97 Å². The number of aliphatic hydroxyl groups is 1. The number of nitrogens with one attached hydrogen (secondary N) is 4. The summed E-state index contributed by atoms with van der Waals surface area (Å²) in [6, 6.07) is 1.08. The van der Waals surface area contributed by atoms with Crippen molar-refractivity contribution in [3.63, 3.8) is 0 Å². The van der Waals surface area contributed by atoms with Crippen LogP contribution in [0, 0.1) is 5.92 Å². The van der Waals surface area contributed by atoms with Gasteiger partial charge in [-0.15, -0.1) is 11.3 Å². The van der Waals surface area contributed by atoms with Crippen molar-refractivity contribution in [1.82, 2.24) is 26.3 Å². The molecule has 0 saturated carbocycles. The number of amides is 3.